The number of carbonyl (C=O) groups excluding carboxylic acids is 2. The van der Waals surface area contributed by atoms with Crippen molar-refractivity contribution in [3.8, 4) is 0 Å². The Morgan fingerprint density at radius 1 is 0.522 bits per heavy atom. The van der Waals surface area contributed by atoms with Gasteiger partial charge < -0.3 is 60.3 Å². The number of hydrogen-bond acceptors (Lipinski definition) is 16. The first-order valence-electron chi connectivity index (χ1n) is 24.1. The Labute approximate surface area is 415 Å². The number of carboxylic acid groups (broad SMARTS) is 4. The minimum Gasteiger partial charge on any atom is -0.676 e. The van der Waals surface area contributed by atoms with Gasteiger partial charge in [0.25, 0.3) is 0 Å². The maximum absolute atomic E-state index is 12.1. The summed E-state index contributed by atoms with van der Waals surface area (Å²) in [5.41, 5.74) is 13.2. The van der Waals surface area contributed by atoms with E-state index in [4.69, 9.17) is 89.5 Å². The SMILES string of the molecule is C[C@H]1[C@@H](OC(=O)CCC(=O)O)O[C@@H]2OC3(C)CC[C@H]4[C@H](C)CC[C@@H]1[C@@]24OO3.C[C@H]1[C@@H](OC(=O)CCC(=O)O)O[C@@H]2OC3(C)CC[C@H]4[C@H](C)CC[C@@H]1[C@@]24OO3.O=C(O)C(=O)O.[NH-][C@@H]1CCCC[C@H]1[NH-].[Pt+2]. The molecule has 0 amide bonds. The van der Waals surface area contributed by atoms with Gasteiger partial charge >= 0.3 is 56.9 Å². The Bertz CT molecular complexity index is 1720. The van der Waals surface area contributed by atoms with Crippen molar-refractivity contribution in [2.75, 3.05) is 0 Å². The summed E-state index contributed by atoms with van der Waals surface area (Å²) in [4.78, 5) is 87.2. The number of ether oxygens (including phenoxy) is 6. The topological polar surface area (TPSA) is 323 Å². The third-order valence-corrected chi connectivity index (χ3v) is 15.7. The normalized spacial score (nSPS) is 43.1. The first kappa shape index (κ1) is 57.0. The van der Waals surface area contributed by atoms with E-state index in [9.17, 15) is 19.2 Å². The fraction of sp³-hybridized carbons (Fsp3) is 0.870. The fourth-order valence-electron chi connectivity index (χ4n) is 11.9. The fourth-order valence-corrected chi connectivity index (χ4v) is 11.9. The molecule has 0 aromatic carbocycles. The third kappa shape index (κ3) is 12.5. The van der Waals surface area contributed by atoms with E-state index in [1.807, 2.05) is 27.7 Å². The zero-order valence-electron chi connectivity index (χ0n) is 40.0. The summed E-state index contributed by atoms with van der Waals surface area (Å²) < 4.78 is 35.6. The van der Waals surface area contributed by atoms with Crippen molar-refractivity contribution < 1.29 is 118 Å². The van der Waals surface area contributed by atoms with Crippen LogP contribution in [0.3, 0.4) is 0 Å². The van der Waals surface area contributed by atoms with E-state index < -0.39 is 83.8 Å². The molecule has 4 bridgehead atoms. The molecule has 8 aliphatic heterocycles. The molecule has 11 rings (SSSR count). The largest absolute Gasteiger partial charge is 2.00 e. The molecule has 22 nitrogen and oxygen atoms in total. The third-order valence-electron chi connectivity index (χ3n) is 15.7. The van der Waals surface area contributed by atoms with Crippen LogP contribution in [0.1, 0.15) is 144 Å². The van der Waals surface area contributed by atoms with Crippen LogP contribution in [0.2, 0.25) is 0 Å². The van der Waals surface area contributed by atoms with Crippen LogP contribution < -0.4 is 0 Å². The quantitative estimate of drug-likeness (QED) is 0.111. The van der Waals surface area contributed by atoms with Crippen molar-refractivity contribution in [3.05, 3.63) is 11.5 Å². The van der Waals surface area contributed by atoms with Crippen LogP contribution in [-0.4, -0.2) is 116 Å². The molecule has 2 unspecified atom stereocenters. The molecule has 11 aliphatic rings. The first-order valence-corrected chi connectivity index (χ1v) is 24.1. The Morgan fingerprint density at radius 2 is 0.884 bits per heavy atom. The van der Waals surface area contributed by atoms with E-state index in [-0.39, 0.29) is 94.3 Å². The number of nitrogens with one attached hydrogen (secondary N) is 2. The molecule has 394 valence electrons. The van der Waals surface area contributed by atoms with Gasteiger partial charge in [0.1, 0.15) is 0 Å². The second-order valence-electron chi connectivity index (χ2n) is 20.4. The Morgan fingerprint density at radius 3 is 1.20 bits per heavy atom. The van der Waals surface area contributed by atoms with Crippen molar-refractivity contribution >= 4 is 35.8 Å². The van der Waals surface area contributed by atoms with Gasteiger partial charge in [-0.15, -0.1) is 0 Å². The molecule has 11 fully saturated rings. The van der Waals surface area contributed by atoms with E-state index in [1.165, 1.54) is 12.8 Å². The number of fused-ring (bicyclic) bond motifs is 4. The predicted octanol–water partition coefficient (Wildman–Crippen LogP) is 6.76. The maximum atomic E-state index is 12.1. The molecule has 6 N–H and O–H groups in total. The number of esters is 2. The van der Waals surface area contributed by atoms with Gasteiger partial charge in [0.2, 0.25) is 24.2 Å². The van der Waals surface area contributed by atoms with Crippen LogP contribution in [0.15, 0.2) is 0 Å². The average Bonchev–Trinajstić information content (AvgIpc) is 3.66. The van der Waals surface area contributed by atoms with E-state index in [0.29, 0.717) is 24.7 Å². The van der Waals surface area contributed by atoms with Crippen molar-refractivity contribution in [1.82, 2.24) is 0 Å². The number of rotatable bonds is 8. The Kier molecular flexibility index (Phi) is 19.3. The molecule has 8 saturated heterocycles. The van der Waals surface area contributed by atoms with E-state index in [2.05, 4.69) is 13.8 Å². The van der Waals surface area contributed by atoms with Gasteiger partial charge in [-0.25, -0.2) is 29.1 Å². The molecule has 69 heavy (non-hydrogen) atoms. The van der Waals surface area contributed by atoms with E-state index in [0.717, 1.165) is 51.4 Å². The van der Waals surface area contributed by atoms with E-state index >= 15 is 0 Å². The predicted molar refractivity (Wildman–Crippen MR) is 230 cm³/mol. The van der Waals surface area contributed by atoms with Crippen LogP contribution >= 0.6 is 0 Å². The molecular formula is C46H70N2O20Pt. The molecule has 0 aromatic rings. The van der Waals surface area contributed by atoms with Gasteiger partial charge in [-0.05, 0) is 76.0 Å². The number of carbonyl (C=O) groups is 6. The van der Waals surface area contributed by atoms with E-state index in [1.54, 1.807) is 0 Å². The number of hydrogen-bond donors (Lipinski definition) is 4. The molecule has 0 aromatic heterocycles. The van der Waals surface area contributed by atoms with Crippen LogP contribution in [0, 0.1) is 47.3 Å². The molecule has 3 saturated carbocycles. The monoisotopic (exact) mass is 1170 g/mol. The maximum Gasteiger partial charge on any atom is 2.00 e. The summed E-state index contributed by atoms with van der Waals surface area (Å²) in [6, 6.07) is -0.160. The molecule has 0 radical (unpaired) electrons. The van der Waals surface area contributed by atoms with Gasteiger partial charge in [-0.3, -0.25) is 19.2 Å². The molecular weight excluding hydrogens is 1100 g/mol. The van der Waals surface area contributed by atoms with Crippen LogP contribution in [0.25, 0.3) is 11.5 Å². The van der Waals surface area contributed by atoms with Crippen LogP contribution in [0.5, 0.6) is 0 Å². The molecule has 3 aliphatic carbocycles. The second-order valence-corrected chi connectivity index (χ2v) is 20.4. The smallest absolute Gasteiger partial charge is 0.676 e. The molecule has 18 atom stereocenters. The summed E-state index contributed by atoms with van der Waals surface area (Å²) in [5, 5.41) is 32.3. The summed E-state index contributed by atoms with van der Waals surface area (Å²) >= 11 is 0. The zero-order valence-corrected chi connectivity index (χ0v) is 42.3. The summed E-state index contributed by atoms with van der Waals surface area (Å²) in [5.74, 6) is -7.30. The Hall–Kier alpha value is -2.89. The standard InChI is InChI=1S/2C19H28O8.C6H12N2.C2H2O4.Pt/c2*1-10-4-5-13-11(2)16(23-15(22)7-6-14(20)21)24-17-19(13)12(10)8-9-18(3,25-17)26-27-19;7-5-3-1-2-4-6(5)8;3-1(4)2(5)6;/h2*10-13,16-17H,4-9H2,1-3H3,(H,20,21);5-8H,1-4H2;(H,3,4)(H,5,6);/q;;-2;;+2/t2*10-,11-,12+,13+,16+,17-,18?,19-;5-,6-;;/m111../s1. The molecule has 23 heteroatoms. The summed E-state index contributed by atoms with van der Waals surface area (Å²) in [7, 11) is 0. The Balaban J connectivity index is 0.000000199. The van der Waals surface area contributed by atoms with Gasteiger partial charge in [0.05, 0.1) is 25.7 Å². The summed E-state index contributed by atoms with van der Waals surface area (Å²) in [6.45, 7) is 12.1. The van der Waals surface area contributed by atoms with Gasteiger partial charge in [0, 0.05) is 36.5 Å². The van der Waals surface area contributed by atoms with Crippen molar-refractivity contribution in [1.29, 1.82) is 0 Å². The number of carboxylic acids is 4. The summed E-state index contributed by atoms with van der Waals surface area (Å²) in [6.07, 6.45) is 7.68. The van der Waals surface area contributed by atoms with Crippen LogP contribution in [-0.2, 0) is 97.8 Å². The van der Waals surface area contributed by atoms with Crippen LogP contribution in [0.4, 0.5) is 0 Å². The average molecular weight is 1170 g/mol. The minimum absolute atomic E-state index is 0. The zero-order chi connectivity index (χ0) is 49.9. The number of aliphatic carboxylic acids is 4. The van der Waals surface area contributed by atoms with Gasteiger partial charge in [-0.1, -0.05) is 53.4 Å². The van der Waals surface area contributed by atoms with Crippen molar-refractivity contribution in [2.24, 2.45) is 47.3 Å². The molecule has 8 heterocycles. The molecule has 2 spiro atoms. The first-order chi connectivity index (χ1) is 31.9. The van der Waals surface area contributed by atoms with Crippen molar-refractivity contribution in [2.45, 2.75) is 204 Å². The van der Waals surface area contributed by atoms with Crippen molar-refractivity contribution in [3.63, 3.8) is 0 Å². The van der Waals surface area contributed by atoms with Gasteiger partial charge in [0.15, 0.2) is 23.8 Å². The minimum atomic E-state index is -1.82. The second kappa shape index (κ2) is 23.3. The van der Waals surface area contributed by atoms with Gasteiger partial charge in [-0.2, -0.15) is 12.1 Å².